The molecule has 2 heterocycles. The van der Waals surface area contributed by atoms with Crippen LogP contribution >= 0.6 is 11.3 Å². The Bertz CT molecular complexity index is 901. The van der Waals surface area contributed by atoms with Crippen molar-refractivity contribution in [1.82, 2.24) is 4.98 Å². The van der Waals surface area contributed by atoms with Crippen LogP contribution in [0.1, 0.15) is 31.2 Å². The van der Waals surface area contributed by atoms with Gasteiger partial charge in [-0.05, 0) is 43.2 Å². The van der Waals surface area contributed by atoms with Gasteiger partial charge in [0.25, 0.3) is 0 Å². The van der Waals surface area contributed by atoms with Crippen molar-refractivity contribution in [3.63, 3.8) is 0 Å². The summed E-state index contributed by atoms with van der Waals surface area (Å²) < 4.78 is 0. The summed E-state index contributed by atoms with van der Waals surface area (Å²) in [5.41, 5.74) is 9.62. The zero-order valence-corrected chi connectivity index (χ0v) is 15.2. The van der Waals surface area contributed by atoms with Gasteiger partial charge in [-0.15, -0.1) is 11.3 Å². The van der Waals surface area contributed by atoms with Crippen LogP contribution in [0.4, 0.5) is 11.5 Å². The summed E-state index contributed by atoms with van der Waals surface area (Å²) in [7, 11) is 0. The Balaban J connectivity index is 1.68. The second kappa shape index (κ2) is 7.49. The molecule has 0 atom stereocenters. The van der Waals surface area contributed by atoms with Crippen LogP contribution in [0.5, 0.6) is 0 Å². The van der Waals surface area contributed by atoms with Crippen molar-refractivity contribution in [2.24, 2.45) is 0 Å². The molecule has 0 saturated carbocycles. The van der Waals surface area contributed by atoms with Gasteiger partial charge in [0, 0.05) is 34.5 Å². The fourth-order valence-electron chi connectivity index (χ4n) is 2.80. The topological polar surface area (TPSA) is 68.0 Å². The Labute approximate surface area is 151 Å². The van der Waals surface area contributed by atoms with Gasteiger partial charge in [-0.25, -0.2) is 4.98 Å². The third-order valence-corrected chi connectivity index (χ3v) is 4.98. The van der Waals surface area contributed by atoms with Crippen LogP contribution in [0.3, 0.4) is 0 Å². The molecule has 0 bridgehead atoms. The maximum atomic E-state index is 12.5. The number of rotatable bonds is 6. The van der Waals surface area contributed by atoms with E-state index in [9.17, 15) is 4.79 Å². The molecule has 5 heteroatoms. The number of aryl methyl sites for hydroxylation is 2. The average Bonchev–Trinajstić information content (AvgIpc) is 2.93. The predicted molar refractivity (Wildman–Crippen MR) is 104 cm³/mol. The number of thiophene rings is 1. The molecule has 2 aromatic heterocycles. The number of nitrogen functional groups attached to an aromatic ring is 1. The molecular weight excluding hydrogens is 330 g/mol. The van der Waals surface area contributed by atoms with Gasteiger partial charge in [-0.2, -0.15) is 0 Å². The first kappa shape index (κ1) is 17.2. The number of anilines is 2. The first-order chi connectivity index (χ1) is 12.0. The van der Waals surface area contributed by atoms with Crippen molar-refractivity contribution in [1.29, 1.82) is 0 Å². The van der Waals surface area contributed by atoms with Crippen LogP contribution in [-0.2, 0) is 13.0 Å². The molecule has 0 aliphatic carbocycles. The SMILES string of the molecule is Cc1cc(C(=O)Cc2cccc(CNc3cccnc3N)c2)c(C)s1. The number of Topliss-reactive ketones (excluding diaryl/α,β-unsaturated/α-hetero) is 1. The number of carbonyl (C=O) groups is 1. The van der Waals surface area contributed by atoms with E-state index in [1.165, 1.54) is 4.88 Å². The highest BCUT2D eigenvalue weighted by Crippen LogP contribution is 2.22. The number of ketones is 1. The van der Waals surface area contributed by atoms with Gasteiger partial charge in [0.1, 0.15) is 5.82 Å². The summed E-state index contributed by atoms with van der Waals surface area (Å²) in [5.74, 6) is 0.653. The number of nitrogens with zero attached hydrogens (tertiary/aromatic N) is 1. The molecule has 128 valence electrons. The van der Waals surface area contributed by atoms with Crippen LogP contribution in [0.15, 0.2) is 48.7 Å². The second-order valence-electron chi connectivity index (χ2n) is 6.04. The molecule has 3 rings (SSSR count). The molecule has 0 saturated heterocycles. The fraction of sp³-hybridized carbons (Fsp3) is 0.200. The molecular formula is C20H21N3OS. The van der Waals surface area contributed by atoms with Crippen molar-refractivity contribution in [2.75, 3.05) is 11.1 Å². The van der Waals surface area contributed by atoms with Crippen LogP contribution in [0.2, 0.25) is 0 Å². The molecule has 0 aliphatic rings. The van der Waals surface area contributed by atoms with E-state index in [0.29, 0.717) is 18.8 Å². The highest BCUT2D eigenvalue weighted by atomic mass is 32.1. The lowest BCUT2D eigenvalue weighted by molar-refractivity contribution is 0.0993. The first-order valence-electron chi connectivity index (χ1n) is 8.15. The molecule has 25 heavy (non-hydrogen) atoms. The largest absolute Gasteiger partial charge is 0.382 e. The van der Waals surface area contributed by atoms with Gasteiger partial charge in [-0.3, -0.25) is 4.79 Å². The van der Waals surface area contributed by atoms with Crippen molar-refractivity contribution >= 4 is 28.6 Å². The average molecular weight is 351 g/mol. The van der Waals surface area contributed by atoms with E-state index in [1.807, 2.05) is 50.2 Å². The number of nitrogens with one attached hydrogen (secondary N) is 1. The third kappa shape index (κ3) is 4.25. The number of nitrogens with two attached hydrogens (primary N) is 1. The van der Waals surface area contributed by atoms with Gasteiger partial charge in [0.05, 0.1) is 5.69 Å². The maximum Gasteiger partial charge on any atom is 0.168 e. The Kier molecular flexibility index (Phi) is 5.14. The molecule has 0 amide bonds. The Morgan fingerprint density at radius 3 is 2.68 bits per heavy atom. The molecule has 1 aromatic carbocycles. The van der Waals surface area contributed by atoms with Gasteiger partial charge < -0.3 is 11.1 Å². The number of aromatic nitrogens is 1. The number of benzene rings is 1. The van der Waals surface area contributed by atoms with Crippen molar-refractivity contribution in [3.05, 3.63) is 75.1 Å². The summed E-state index contributed by atoms with van der Waals surface area (Å²) in [4.78, 5) is 18.9. The van der Waals surface area contributed by atoms with E-state index in [1.54, 1.807) is 17.5 Å². The third-order valence-electron chi connectivity index (χ3n) is 4.02. The first-order valence-corrected chi connectivity index (χ1v) is 8.97. The maximum absolute atomic E-state index is 12.5. The van der Waals surface area contributed by atoms with Gasteiger partial charge in [0.2, 0.25) is 0 Å². The number of hydrogen-bond acceptors (Lipinski definition) is 5. The van der Waals surface area contributed by atoms with Gasteiger partial charge in [0.15, 0.2) is 5.78 Å². The van der Waals surface area contributed by atoms with Gasteiger partial charge >= 0.3 is 0 Å². The Hall–Kier alpha value is -2.66. The minimum Gasteiger partial charge on any atom is -0.382 e. The zero-order chi connectivity index (χ0) is 17.8. The van der Waals surface area contributed by atoms with Crippen LogP contribution in [0, 0.1) is 13.8 Å². The second-order valence-corrected chi connectivity index (χ2v) is 7.50. The lowest BCUT2D eigenvalue weighted by atomic mass is 10.0. The monoisotopic (exact) mass is 351 g/mol. The highest BCUT2D eigenvalue weighted by Gasteiger charge is 2.12. The van der Waals surface area contributed by atoms with Crippen LogP contribution < -0.4 is 11.1 Å². The molecule has 3 aromatic rings. The van der Waals surface area contributed by atoms with Gasteiger partial charge in [-0.1, -0.05) is 24.3 Å². The van der Waals surface area contributed by atoms with Crippen LogP contribution in [0.25, 0.3) is 0 Å². The lowest BCUT2D eigenvalue weighted by Crippen LogP contribution is -2.06. The fourth-order valence-corrected chi connectivity index (χ4v) is 3.74. The van der Waals surface area contributed by atoms with E-state index in [0.717, 1.165) is 27.3 Å². The number of carbonyl (C=O) groups excluding carboxylic acids is 1. The van der Waals surface area contributed by atoms with E-state index in [4.69, 9.17) is 5.73 Å². The van der Waals surface area contributed by atoms with Crippen LogP contribution in [-0.4, -0.2) is 10.8 Å². The predicted octanol–water partition coefficient (Wildman–Crippen LogP) is 4.38. The molecule has 3 N–H and O–H groups in total. The van der Waals surface area contributed by atoms with Crippen molar-refractivity contribution < 1.29 is 4.79 Å². The molecule has 4 nitrogen and oxygen atoms in total. The van der Waals surface area contributed by atoms with Crippen molar-refractivity contribution in [3.8, 4) is 0 Å². The molecule has 0 spiro atoms. The summed E-state index contributed by atoms with van der Waals surface area (Å²) >= 11 is 1.67. The van der Waals surface area contributed by atoms with E-state index in [-0.39, 0.29) is 5.78 Å². The Morgan fingerprint density at radius 1 is 1.16 bits per heavy atom. The van der Waals surface area contributed by atoms with E-state index in [2.05, 4.69) is 16.4 Å². The van der Waals surface area contributed by atoms with E-state index >= 15 is 0 Å². The van der Waals surface area contributed by atoms with Crippen molar-refractivity contribution in [2.45, 2.75) is 26.8 Å². The highest BCUT2D eigenvalue weighted by molar-refractivity contribution is 7.12. The minimum atomic E-state index is 0.170. The summed E-state index contributed by atoms with van der Waals surface area (Å²) in [6.07, 6.45) is 2.08. The molecule has 0 aliphatic heterocycles. The minimum absolute atomic E-state index is 0.170. The summed E-state index contributed by atoms with van der Waals surface area (Å²) in [6.45, 7) is 4.67. The molecule has 0 radical (unpaired) electrons. The number of hydrogen-bond donors (Lipinski definition) is 2. The Morgan fingerprint density at radius 2 is 1.96 bits per heavy atom. The quantitative estimate of drug-likeness (QED) is 0.647. The lowest BCUT2D eigenvalue weighted by Gasteiger charge is -2.09. The molecule has 0 fully saturated rings. The smallest absolute Gasteiger partial charge is 0.168 e. The molecule has 0 unspecified atom stereocenters. The summed E-state index contributed by atoms with van der Waals surface area (Å²) in [5, 5.41) is 3.28. The zero-order valence-electron chi connectivity index (χ0n) is 14.4. The normalized spacial score (nSPS) is 10.6. The van der Waals surface area contributed by atoms with E-state index < -0.39 is 0 Å². The standard InChI is InChI=1S/C20H21N3OS/c1-13-9-17(14(2)25-13)19(24)11-15-5-3-6-16(10-15)12-23-18-7-4-8-22-20(18)21/h3-10,23H,11-12H2,1-2H3,(H2,21,22). The number of pyridine rings is 1. The summed E-state index contributed by atoms with van der Waals surface area (Å²) in [6, 6.07) is 13.8.